The molecule has 28 heavy (non-hydrogen) atoms. The van der Waals surface area contributed by atoms with E-state index in [-0.39, 0.29) is 11.3 Å². The van der Waals surface area contributed by atoms with Crippen molar-refractivity contribution in [2.75, 3.05) is 11.2 Å². The molecular weight excluding hydrogens is 388 g/mol. The van der Waals surface area contributed by atoms with Crippen molar-refractivity contribution in [1.82, 2.24) is 15.0 Å². The molecule has 7 heteroatoms. The SMILES string of the molecule is O=C1CSC(c2ccccc2)N1Nc1ncnc2cc(-c3ccccc3)sc12. The fourth-order valence-electron chi connectivity index (χ4n) is 3.20. The Kier molecular flexibility index (Phi) is 4.46. The molecule has 0 saturated carbocycles. The molecule has 3 heterocycles. The van der Waals surface area contributed by atoms with E-state index in [0.29, 0.717) is 11.6 Å². The number of benzene rings is 2. The average Bonchev–Trinajstić information content (AvgIpc) is 3.34. The summed E-state index contributed by atoms with van der Waals surface area (Å²) < 4.78 is 0.942. The molecule has 2 aromatic heterocycles. The molecular formula is C21H16N4OS2. The summed E-state index contributed by atoms with van der Waals surface area (Å²) in [6.45, 7) is 0. The van der Waals surface area contributed by atoms with Gasteiger partial charge in [-0.05, 0) is 17.2 Å². The van der Waals surface area contributed by atoms with Gasteiger partial charge in [-0.1, -0.05) is 60.7 Å². The highest BCUT2D eigenvalue weighted by molar-refractivity contribution is 8.00. The van der Waals surface area contributed by atoms with Gasteiger partial charge < -0.3 is 0 Å². The number of fused-ring (bicyclic) bond motifs is 1. The zero-order chi connectivity index (χ0) is 18.9. The number of nitrogens with one attached hydrogen (secondary N) is 1. The van der Waals surface area contributed by atoms with Crippen molar-refractivity contribution < 1.29 is 4.79 Å². The second-order valence-corrected chi connectivity index (χ2v) is 8.48. The van der Waals surface area contributed by atoms with E-state index in [1.165, 1.54) is 6.33 Å². The van der Waals surface area contributed by atoms with E-state index < -0.39 is 0 Å². The van der Waals surface area contributed by atoms with Gasteiger partial charge in [0.25, 0.3) is 5.91 Å². The zero-order valence-electron chi connectivity index (χ0n) is 14.8. The predicted octanol–water partition coefficient (Wildman–Crippen LogP) is 4.96. The monoisotopic (exact) mass is 404 g/mol. The van der Waals surface area contributed by atoms with Gasteiger partial charge in [0.1, 0.15) is 11.7 Å². The summed E-state index contributed by atoms with van der Waals surface area (Å²) in [5.41, 5.74) is 6.38. The van der Waals surface area contributed by atoms with Crippen molar-refractivity contribution in [2.45, 2.75) is 5.37 Å². The summed E-state index contributed by atoms with van der Waals surface area (Å²) >= 11 is 3.24. The van der Waals surface area contributed by atoms with E-state index in [1.54, 1.807) is 28.1 Å². The van der Waals surface area contributed by atoms with Gasteiger partial charge in [-0.2, -0.15) is 0 Å². The van der Waals surface area contributed by atoms with Crippen LogP contribution in [-0.2, 0) is 4.79 Å². The Hall–Kier alpha value is -2.90. The van der Waals surface area contributed by atoms with Gasteiger partial charge in [-0.25, -0.2) is 15.0 Å². The molecule has 1 atom stereocenters. The number of hydrogen-bond donors (Lipinski definition) is 1. The predicted molar refractivity (Wildman–Crippen MR) is 115 cm³/mol. The van der Waals surface area contributed by atoms with Gasteiger partial charge in [0.2, 0.25) is 0 Å². The van der Waals surface area contributed by atoms with Crippen LogP contribution in [0.15, 0.2) is 73.1 Å². The Morgan fingerprint density at radius 2 is 1.75 bits per heavy atom. The van der Waals surface area contributed by atoms with Gasteiger partial charge in [0.05, 0.1) is 16.0 Å². The first-order chi connectivity index (χ1) is 13.8. The first-order valence-corrected chi connectivity index (χ1v) is 10.7. The first kappa shape index (κ1) is 17.2. The number of amides is 1. The van der Waals surface area contributed by atoms with E-state index >= 15 is 0 Å². The van der Waals surface area contributed by atoms with Gasteiger partial charge in [0.15, 0.2) is 5.82 Å². The van der Waals surface area contributed by atoms with Crippen LogP contribution in [0.4, 0.5) is 5.82 Å². The Morgan fingerprint density at radius 1 is 1.00 bits per heavy atom. The highest BCUT2D eigenvalue weighted by Crippen LogP contribution is 2.40. The topological polar surface area (TPSA) is 58.1 Å². The molecule has 1 fully saturated rings. The summed E-state index contributed by atoms with van der Waals surface area (Å²) in [5, 5.41) is 1.61. The van der Waals surface area contributed by atoms with Crippen LogP contribution in [0.2, 0.25) is 0 Å². The number of carbonyl (C=O) groups excluding carboxylic acids is 1. The molecule has 1 unspecified atom stereocenters. The second kappa shape index (κ2) is 7.26. The van der Waals surface area contributed by atoms with Gasteiger partial charge in [0, 0.05) is 4.88 Å². The molecule has 138 valence electrons. The lowest BCUT2D eigenvalue weighted by atomic mass is 10.2. The minimum atomic E-state index is -0.0766. The summed E-state index contributed by atoms with van der Waals surface area (Å²) in [5.74, 6) is 1.15. The van der Waals surface area contributed by atoms with E-state index in [2.05, 4.69) is 33.6 Å². The van der Waals surface area contributed by atoms with Crippen LogP contribution in [0.1, 0.15) is 10.9 Å². The maximum atomic E-state index is 12.5. The van der Waals surface area contributed by atoms with Crippen LogP contribution < -0.4 is 5.43 Å². The summed E-state index contributed by atoms with van der Waals surface area (Å²) in [6, 6.07) is 22.3. The van der Waals surface area contributed by atoms with E-state index in [4.69, 9.17) is 0 Å². The number of thiophene rings is 1. The Bertz CT molecular complexity index is 1130. The normalized spacial score (nSPS) is 16.6. The first-order valence-electron chi connectivity index (χ1n) is 8.85. The van der Waals surface area contributed by atoms with Crippen molar-refractivity contribution in [3.63, 3.8) is 0 Å². The van der Waals surface area contributed by atoms with Crippen LogP contribution in [0.25, 0.3) is 20.7 Å². The lowest BCUT2D eigenvalue weighted by Gasteiger charge is -2.25. The van der Waals surface area contributed by atoms with Crippen molar-refractivity contribution in [1.29, 1.82) is 0 Å². The molecule has 0 aliphatic carbocycles. The minimum absolute atomic E-state index is 0.0467. The fraction of sp³-hybridized carbons (Fsp3) is 0.0952. The summed E-state index contributed by atoms with van der Waals surface area (Å²) in [4.78, 5) is 22.5. The average molecular weight is 405 g/mol. The molecule has 1 aliphatic rings. The molecule has 4 aromatic rings. The molecule has 1 N–H and O–H groups in total. The number of thioether (sulfide) groups is 1. The van der Waals surface area contributed by atoms with E-state index in [9.17, 15) is 4.79 Å². The molecule has 5 nitrogen and oxygen atoms in total. The summed E-state index contributed by atoms with van der Waals surface area (Å²) in [7, 11) is 0. The third-order valence-corrected chi connectivity index (χ3v) is 6.94. The zero-order valence-corrected chi connectivity index (χ0v) is 16.4. The molecule has 1 amide bonds. The fourth-order valence-corrected chi connectivity index (χ4v) is 5.37. The van der Waals surface area contributed by atoms with Gasteiger partial charge >= 0.3 is 0 Å². The largest absolute Gasteiger partial charge is 0.277 e. The van der Waals surface area contributed by atoms with Gasteiger partial charge in [-0.3, -0.25) is 10.2 Å². The third kappa shape index (κ3) is 3.12. The molecule has 0 radical (unpaired) electrons. The molecule has 0 bridgehead atoms. The Balaban J connectivity index is 1.51. The Morgan fingerprint density at radius 3 is 2.54 bits per heavy atom. The minimum Gasteiger partial charge on any atom is -0.277 e. The quantitative estimate of drug-likeness (QED) is 0.521. The number of anilines is 1. The smallest absolute Gasteiger partial charge is 0.252 e. The number of hydrogen-bond acceptors (Lipinski definition) is 6. The number of hydrazine groups is 1. The van der Waals surface area contributed by atoms with Crippen LogP contribution in [0.3, 0.4) is 0 Å². The Labute approximate surface area is 170 Å². The van der Waals surface area contributed by atoms with Crippen LogP contribution in [0, 0.1) is 0 Å². The van der Waals surface area contributed by atoms with E-state index in [1.807, 2.05) is 48.5 Å². The summed E-state index contributed by atoms with van der Waals surface area (Å²) in [6.07, 6.45) is 1.54. The van der Waals surface area contributed by atoms with Crippen molar-refractivity contribution >= 4 is 45.0 Å². The second-order valence-electron chi connectivity index (χ2n) is 6.36. The highest BCUT2D eigenvalue weighted by Gasteiger charge is 2.33. The molecule has 5 rings (SSSR count). The van der Waals surface area contributed by atoms with Crippen LogP contribution >= 0.6 is 23.1 Å². The maximum absolute atomic E-state index is 12.5. The molecule has 0 spiro atoms. The van der Waals surface area contributed by atoms with Crippen molar-refractivity contribution in [3.8, 4) is 10.4 Å². The number of carbonyl (C=O) groups is 1. The maximum Gasteiger partial charge on any atom is 0.252 e. The molecule has 1 aliphatic heterocycles. The van der Waals surface area contributed by atoms with E-state index in [0.717, 1.165) is 26.2 Å². The number of aromatic nitrogens is 2. The molecule has 2 aromatic carbocycles. The van der Waals surface area contributed by atoms with Crippen LogP contribution in [-0.4, -0.2) is 26.6 Å². The van der Waals surface area contributed by atoms with Crippen molar-refractivity contribution in [2.24, 2.45) is 0 Å². The van der Waals surface area contributed by atoms with Gasteiger partial charge in [-0.15, -0.1) is 23.1 Å². The van der Waals surface area contributed by atoms with Crippen molar-refractivity contribution in [3.05, 3.63) is 78.6 Å². The molecule has 1 saturated heterocycles. The standard InChI is InChI=1S/C21H16N4OS2/c26-18-12-27-21(15-9-5-2-6-10-15)25(18)24-20-19-16(22-13-23-20)11-17(28-19)14-7-3-1-4-8-14/h1-11,13,21H,12H2,(H,22,23,24). The highest BCUT2D eigenvalue weighted by atomic mass is 32.2. The number of rotatable bonds is 4. The number of nitrogens with zero attached hydrogens (tertiary/aromatic N) is 3. The van der Waals surface area contributed by atoms with Crippen LogP contribution in [0.5, 0.6) is 0 Å². The lowest BCUT2D eigenvalue weighted by molar-refractivity contribution is -0.126. The third-order valence-electron chi connectivity index (χ3n) is 4.55. The lowest BCUT2D eigenvalue weighted by Crippen LogP contribution is -2.34.